The first-order chi connectivity index (χ1) is 11.4. The van der Waals surface area contributed by atoms with Crippen LogP contribution in [0.2, 0.25) is 0 Å². The fourth-order valence-electron chi connectivity index (χ4n) is 3.70. The molecular formula is C19H25N3O. The third-order valence-corrected chi connectivity index (χ3v) is 5.02. The Labute approximate surface area is 137 Å². The molecule has 0 unspecified atom stereocenters. The topological polar surface area (TPSA) is 39.1 Å². The van der Waals surface area contributed by atoms with Crippen LogP contribution < -0.4 is 10.1 Å². The van der Waals surface area contributed by atoms with E-state index < -0.39 is 0 Å². The Morgan fingerprint density at radius 3 is 2.70 bits per heavy atom. The van der Waals surface area contributed by atoms with Crippen LogP contribution >= 0.6 is 0 Å². The number of hydrogen-bond acceptors (Lipinski definition) is 3. The number of imidazole rings is 1. The lowest BCUT2D eigenvalue weighted by Gasteiger charge is -2.22. The van der Waals surface area contributed by atoms with Gasteiger partial charge in [-0.1, -0.05) is 18.2 Å². The van der Waals surface area contributed by atoms with Crippen molar-refractivity contribution in [1.82, 2.24) is 14.9 Å². The van der Waals surface area contributed by atoms with Crippen LogP contribution in [0.15, 0.2) is 30.3 Å². The van der Waals surface area contributed by atoms with Gasteiger partial charge < -0.3 is 10.1 Å². The number of piperidine rings is 1. The number of para-hydroxylation sites is 1. The van der Waals surface area contributed by atoms with Gasteiger partial charge in [-0.25, -0.2) is 0 Å². The number of rotatable bonds is 4. The minimum atomic E-state index is 0.647. The van der Waals surface area contributed by atoms with Crippen LogP contribution in [0, 0.1) is 5.92 Å². The van der Waals surface area contributed by atoms with Crippen molar-refractivity contribution in [3.63, 3.8) is 0 Å². The van der Waals surface area contributed by atoms with E-state index in [4.69, 9.17) is 9.72 Å². The Kier molecular flexibility index (Phi) is 4.33. The first-order valence-corrected chi connectivity index (χ1v) is 8.91. The van der Waals surface area contributed by atoms with E-state index in [1.54, 1.807) is 0 Å². The molecule has 0 radical (unpaired) electrons. The average molecular weight is 311 g/mol. The molecule has 1 aromatic carbocycles. The number of hydrogen-bond donors (Lipinski definition) is 1. The van der Waals surface area contributed by atoms with Crippen molar-refractivity contribution < 1.29 is 4.74 Å². The van der Waals surface area contributed by atoms with Crippen molar-refractivity contribution >= 4 is 0 Å². The molecule has 0 saturated carbocycles. The number of aryl methyl sites for hydroxylation is 1. The molecule has 1 fully saturated rings. The Bertz CT molecular complexity index is 644. The van der Waals surface area contributed by atoms with Crippen LogP contribution in [-0.2, 0) is 12.8 Å². The van der Waals surface area contributed by atoms with Crippen LogP contribution in [0.25, 0.3) is 5.69 Å². The summed E-state index contributed by atoms with van der Waals surface area (Å²) in [6, 6.07) is 11.3. The second-order valence-corrected chi connectivity index (χ2v) is 6.67. The van der Waals surface area contributed by atoms with Crippen LogP contribution in [0.4, 0.5) is 0 Å². The summed E-state index contributed by atoms with van der Waals surface area (Å²) in [6.07, 6.45) is 7.08. The summed E-state index contributed by atoms with van der Waals surface area (Å²) in [5.74, 6) is 0.647. The van der Waals surface area contributed by atoms with E-state index >= 15 is 0 Å². The lowest BCUT2D eigenvalue weighted by atomic mass is 9.99. The van der Waals surface area contributed by atoms with Gasteiger partial charge in [-0.2, -0.15) is 4.98 Å². The molecule has 2 aliphatic rings. The molecule has 2 aromatic rings. The molecular weight excluding hydrogens is 286 g/mol. The first-order valence-electron chi connectivity index (χ1n) is 8.91. The Balaban J connectivity index is 1.61. The zero-order chi connectivity index (χ0) is 15.5. The molecule has 1 aromatic heterocycles. The maximum Gasteiger partial charge on any atom is 0.301 e. The van der Waals surface area contributed by atoms with Crippen molar-refractivity contribution in [3.05, 3.63) is 41.7 Å². The maximum atomic E-state index is 6.21. The van der Waals surface area contributed by atoms with Gasteiger partial charge in [0.2, 0.25) is 0 Å². The quantitative estimate of drug-likeness (QED) is 0.943. The third-order valence-electron chi connectivity index (χ3n) is 5.02. The average Bonchev–Trinajstić information content (AvgIpc) is 3.00. The molecule has 0 bridgehead atoms. The van der Waals surface area contributed by atoms with E-state index in [1.807, 2.05) is 0 Å². The van der Waals surface area contributed by atoms with Crippen LogP contribution in [0.1, 0.15) is 37.1 Å². The smallest absolute Gasteiger partial charge is 0.301 e. The van der Waals surface area contributed by atoms with Crippen molar-refractivity contribution in [1.29, 1.82) is 0 Å². The molecule has 1 saturated heterocycles. The lowest BCUT2D eigenvalue weighted by Crippen LogP contribution is -2.30. The first kappa shape index (κ1) is 14.8. The number of ether oxygens (including phenoxy) is 1. The monoisotopic (exact) mass is 311 g/mol. The Morgan fingerprint density at radius 1 is 1.09 bits per heavy atom. The zero-order valence-electron chi connectivity index (χ0n) is 13.6. The van der Waals surface area contributed by atoms with Gasteiger partial charge >= 0.3 is 6.01 Å². The van der Waals surface area contributed by atoms with Crippen molar-refractivity contribution in [2.24, 2.45) is 5.92 Å². The number of aromatic nitrogens is 2. The summed E-state index contributed by atoms with van der Waals surface area (Å²) in [4.78, 5) is 4.84. The predicted molar refractivity (Wildman–Crippen MR) is 91.3 cm³/mol. The van der Waals surface area contributed by atoms with Crippen LogP contribution in [0.3, 0.4) is 0 Å². The van der Waals surface area contributed by atoms with Gasteiger partial charge in [0, 0.05) is 5.69 Å². The van der Waals surface area contributed by atoms with E-state index in [1.165, 1.54) is 42.8 Å². The fraction of sp³-hybridized carbons (Fsp3) is 0.526. The van der Waals surface area contributed by atoms with Gasteiger partial charge in [0.25, 0.3) is 0 Å². The summed E-state index contributed by atoms with van der Waals surface area (Å²) in [5, 5.41) is 3.41. The highest BCUT2D eigenvalue weighted by Crippen LogP contribution is 2.30. The molecule has 0 atom stereocenters. The van der Waals surface area contributed by atoms with Gasteiger partial charge in [-0.05, 0) is 69.7 Å². The number of fused-ring (bicyclic) bond motifs is 1. The number of benzene rings is 1. The largest absolute Gasteiger partial charge is 0.464 e. The standard InChI is InChI=1S/C19H25N3O/c1-2-6-16(7-3-1)22-18-9-5-4-8-17(18)21-19(22)23-14-15-10-12-20-13-11-15/h1-3,6-7,15,20H,4-5,8-14H2. The predicted octanol–water partition coefficient (Wildman–Crippen LogP) is 3.13. The maximum absolute atomic E-state index is 6.21. The Morgan fingerprint density at radius 2 is 1.87 bits per heavy atom. The molecule has 0 amide bonds. The second-order valence-electron chi connectivity index (χ2n) is 6.67. The molecule has 122 valence electrons. The SMILES string of the molecule is c1ccc(-n2c(OCC3CCNCC3)nc3c2CCCC3)cc1. The minimum Gasteiger partial charge on any atom is -0.464 e. The van der Waals surface area contributed by atoms with E-state index in [0.29, 0.717) is 5.92 Å². The van der Waals surface area contributed by atoms with Crippen molar-refractivity contribution in [3.8, 4) is 11.7 Å². The molecule has 4 rings (SSSR count). The molecule has 2 heterocycles. The highest BCUT2D eigenvalue weighted by Gasteiger charge is 2.23. The summed E-state index contributed by atoms with van der Waals surface area (Å²) in [5.41, 5.74) is 3.76. The number of nitrogens with one attached hydrogen (secondary N) is 1. The Hall–Kier alpha value is -1.81. The lowest BCUT2D eigenvalue weighted by molar-refractivity contribution is 0.199. The molecule has 1 N–H and O–H groups in total. The van der Waals surface area contributed by atoms with E-state index in [-0.39, 0.29) is 0 Å². The molecule has 1 aliphatic heterocycles. The van der Waals surface area contributed by atoms with Gasteiger partial charge in [-0.15, -0.1) is 0 Å². The van der Waals surface area contributed by atoms with E-state index in [2.05, 4.69) is 40.2 Å². The highest BCUT2D eigenvalue weighted by atomic mass is 16.5. The zero-order valence-corrected chi connectivity index (χ0v) is 13.6. The third kappa shape index (κ3) is 3.13. The second kappa shape index (κ2) is 6.75. The summed E-state index contributed by atoms with van der Waals surface area (Å²) >= 11 is 0. The van der Waals surface area contributed by atoms with Gasteiger partial charge in [0.1, 0.15) is 0 Å². The molecule has 4 heteroatoms. The minimum absolute atomic E-state index is 0.647. The van der Waals surface area contributed by atoms with Crippen molar-refractivity contribution in [2.45, 2.75) is 38.5 Å². The van der Waals surface area contributed by atoms with E-state index in [0.717, 1.165) is 38.5 Å². The van der Waals surface area contributed by atoms with Gasteiger partial charge in [-0.3, -0.25) is 4.57 Å². The van der Waals surface area contributed by atoms with E-state index in [9.17, 15) is 0 Å². The highest BCUT2D eigenvalue weighted by molar-refractivity contribution is 5.40. The summed E-state index contributed by atoms with van der Waals surface area (Å²) < 4.78 is 8.45. The molecule has 23 heavy (non-hydrogen) atoms. The van der Waals surface area contributed by atoms with Gasteiger partial charge in [0.15, 0.2) is 0 Å². The molecule has 0 spiro atoms. The fourth-order valence-corrected chi connectivity index (χ4v) is 3.70. The van der Waals surface area contributed by atoms with Crippen molar-refractivity contribution in [2.75, 3.05) is 19.7 Å². The summed E-state index contributed by atoms with van der Waals surface area (Å²) in [6.45, 7) is 3.00. The molecule has 1 aliphatic carbocycles. The van der Waals surface area contributed by atoms with Gasteiger partial charge in [0.05, 0.1) is 18.0 Å². The number of nitrogens with zero attached hydrogens (tertiary/aromatic N) is 2. The van der Waals surface area contributed by atoms with Crippen LogP contribution in [-0.4, -0.2) is 29.2 Å². The van der Waals surface area contributed by atoms with Crippen LogP contribution in [0.5, 0.6) is 6.01 Å². The summed E-state index contributed by atoms with van der Waals surface area (Å²) in [7, 11) is 0. The molecule has 4 nitrogen and oxygen atoms in total. The normalized spacial score (nSPS) is 18.6.